The first kappa shape index (κ1) is 22.2. The van der Waals surface area contributed by atoms with Gasteiger partial charge in [-0.1, -0.05) is 35.9 Å². The third-order valence-electron chi connectivity index (χ3n) is 6.10. The number of anilines is 3. The van der Waals surface area contributed by atoms with E-state index in [-0.39, 0.29) is 30.0 Å². The van der Waals surface area contributed by atoms with Crippen LogP contribution in [0.15, 0.2) is 66.7 Å². The van der Waals surface area contributed by atoms with Gasteiger partial charge in [0, 0.05) is 16.9 Å². The molecule has 1 saturated heterocycles. The van der Waals surface area contributed by atoms with Crippen molar-refractivity contribution < 1.29 is 18.8 Å². The summed E-state index contributed by atoms with van der Waals surface area (Å²) in [6.07, 6.45) is 0. The minimum atomic E-state index is -1.35. The van der Waals surface area contributed by atoms with Gasteiger partial charge in [-0.2, -0.15) is 0 Å². The summed E-state index contributed by atoms with van der Waals surface area (Å²) in [6, 6.07) is 18.5. The molecule has 5 rings (SSSR count). The summed E-state index contributed by atoms with van der Waals surface area (Å²) in [4.78, 5) is 41.5. The zero-order valence-electron chi connectivity index (χ0n) is 18.7. The van der Waals surface area contributed by atoms with E-state index in [1.54, 1.807) is 0 Å². The average molecular weight is 476 g/mol. The van der Waals surface area contributed by atoms with Crippen molar-refractivity contribution in [1.29, 1.82) is 0 Å². The number of aryl methyl sites for hydroxylation is 2. The van der Waals surface area contributed by atoms with E-state index in [2.05, 4.69) is 5.32 Å². The molecule has 0 saturated carbocycles. The summed E-state index contributed by atoms with van der Waals surface area (Å²) >= 11 is 1.22. The van der Waals surface area contributed by atoms with E-state index in [0.29, 0.717) is 22.6 Å². The third kappa shape index (κ3) is 3.45. The maximum Gasteiger partial charge on any atom is 0.269 e. The minimum absolute atomic E-state index is 0.0971. The smallest absolute Gasteiger partial charge is 0.269 e. The Hall–Kier alpha value is -3.65. The predicted molar refractivity (Wildman–Crippen MR) is 131 cm³/mol. The Morgan fingerprint density at radius 1 is 1.03 bits per heavy atom. The Bertz CT molecular complexity index is 1310. The molecule has 172 valence electrons. The highest BCUT2D eigenvalue weighted by atomic mass is 32.2. The number of hydrogen-bond donors (Lipinski definition) is 1. The molecule has 0 bridgehead atoms. The van der Waals surface area contributed by atoms with Gasteiger partial charge in [-0.3, -0.25) is 24.2 Å². The number of halogens is 1. The second kappa shape index (κ2) is 8.29. The molecule has 2 heterocycles. The van der Waals surface area contributed by atoms with Crippen molar-refractivity contribution in [2.45, 2.75) is 18.7 Å². The molecule has 1 fully saturated rings. The molecule has 34 heavy (non-hydrogen) atoms. The molecule has 0 aliphatic carbocycles. The highest BCUT2D eigenvalue weighted by molar-refractivity contribution is 8.02. The van der Waals surface area contributed by atoms with E-state index in [1.165, 1.54) is 45.8 Å². The Morgan fingerprint density at radius 2 is 1.74 bits per heavy atom. The van der Waals surface area contributed by atoms with Crippen molar-refractivity contribution in [2.24, 2.45) is 0 Å². The van der Waals surface area contributed by atoms with Gasteiger partial charge in [0.15, 0.2) is 0 Å². The number of carbonyl (C=O) groups excluding carboxylic acids is 3. The molecular weight excluding hydrogens is 453 g/mol. The molecule has 2 aliphatic rings. The molecule has 1 N–H and O–H groups in total. The Kier molecular flexibility index (Phi) is 5.40. The van der Waals surface area contributed by atoms with Crippen LogP contribution in [0.25, 0.3) is 0 Å². The van der Waals surface area contributed by atoms with Gasteiger partial charge < -0.3 is 5.32 Å². The molecular formula is C26H22FN3O3S. The molecule has 0 aromatic heterocycles. The largest absolute Gasteiger partial charge is 0.325 e. The highest BCUT2D eigenvalue weighted by Crippen LogP contribution is 2.56. The van der Waals surface area contributed by atoms with Crippen LogP contribution in [-0.4, -0.2) is 30.0 Å². The molecule has 8 heteroatoms. The van der Waals surface area contributed by atoms with E-state index in [9.17, 15) is 18.8 Å². The zero-order chi connectivity index (χ0) is 24.0. The van der Waals surface area contributed by atoms with Crippen molar-refractivity contribution in [3.63, 3.8) is 0 Å². The number of nitrogens with zero attached hydrogens (tertiary/aromatic N) is 2. The SMILES string of the molecule is Cc1ccc(NC(=O)CN2C(=O)[C@@]3(SCC(=O)N3c3ccc(F)cc3)c3cccc(C)c32)cc1. The summed E-state index contributed by atoms with van der Waals surface area (Å²) in [5.41, 5.74) is 4.25. The average Bonchev–Trinajstić information content (AvgIpc) is 3.27. The predicted octanol–water partition coefficient (Wildman–Crippen LogP) is 4.36. The third-order valence-corrected chi connectivity index (χ3v) is 7.48. The first-order valence-electron chi connectivity index (χ1n) is 10.8. The Balaban J connectivity index is 1.54. The summed E-state index contributed by atoms with van der Waals surface area (Å²) in [6.45, 7) is 3.64. The second-order valence-corrected chi connectivity index (χ2v) is 9.58. The fraction of sp³-hybridized carbons (Fsp3) is 0.192. The van der Waals surface area contributed by atoms with E-state index in [0.717, 1.165) is 11.1 Å². The second-order valence-electron chi connectivity index (χ2n) is 8.41. The standard InChI is InChI=1S/C26H22FN3O3S/c1-16-6-10-19(11-7-16)28-22(31)14-29-24-17(2)4-3-5-21(24)26(25(29)33)30(23(32)15-34-26)20-12-8-18(27)9-13-20/h3-13H,14-15H2,1-2H3,(H,28,31)/t26-/m0/s1. The molecule has 6 nitrogen and oxygen atoms in total. The van der Waals surface area contributed by atoms with Crippen LogP contribution in [0.5, 0.6) is 0 Å². The van der Waals surface area contributed by atoms with Crippen LogP contribution in [-0.2, 0) is 19.3 Å². The van der Waals surface area contributed by atoms with Crippen LogP contribution in [0.4, 0.5) is 21.5 Å². The minimum Gasteiger partial charge on any atom is -0.325 e. The van der Waals surface area contributed by atoms with Crippen molar-refractivity contribution in [2.75, 3.05) is 27.4 Å². The van der Waals surface area contributed by atoms with Gasteiger partial charge in [0.05, 0.1) is 11.4 Å². The first-order valence-corrected chi connectivity index (χ1v) is 11.8. The zero-order valence-corrected chi connectivity index (χ0v) is 19.5. The van der Waals surface area contributed by atoms with Crippen LogP contribution >= 0.6 is 11.8 Å². The van der Waals surface area contributed by atoms with Crippen LogP contribution in [0.2, 0.25) is 0 Å². The van der Waals surface area contributed by atoms with Crippen molar-refractivity contribution >= 4 is 46.5 Å². The number of benzene rings is 3. The fourth-order valence-corrected chi connectivity index (χ4v) is 5.92. The molecule has 2 aliphatic heterocycles. The lowest BCUT2D eigenvalue weighted by Gasteiger charge is -2.33. The van der Waals surface area contributed by atoms with Gasteiger partial charge in [0.25, 0.3) is 5.91 Å². The number of amides is 3. The van der Waals surface area contributed by atoms with Crippen LogP contribution in [0.3, 0.4) is 0 Å². The molecule has 0 radical (unpaired) electrons. The maximum atomic E-state index is 14.0. The van der Waals surface area contributed by atoms with E-state index < -0.39 is 10.7 Å². The van der Waals surface area contributed by atoms with Crippen molar-refractivity contribution in [3.8, 4) is 0 Å². The molecule has 1 atom stereocenters. The van der Waals surface area contributed by atoms with Gasteiger partial charge in [-0.25, -0.2) is 4.39 Å². The van der Waals surface area contributed by atoms with Gasteiger partial charge in [0.1, 0.15) is 12.4 Å². The molecule has 3 aromatic carbocycles. The normalized spacial score (nSPS) is 19.1. The number of carbonyl (C=O) groups is 3. The van der Waals surface area contributed by atoms with Gasteiger partial charge >= 0.3 is 0 Å². The molecule has 3 amide bonds. The lowest BCUT2D eigenvalue weighted by atomic mass is 10.0. The monoisotopic (exact) mass is 475 g/mol. The summed E-state index contributed by atoms with van der Waals surface area (Å²) in [5, 5.41) is 2.84. The maximum absolute atomic E-state index is 14.0. The van der Waals surface area contributed by atoms with Crippen LogP contribution < -0.4 is 15.1 Å². The fourth-order valence-electron chi connectivity index (χ4n) is 4.56. The quantitative estimate of drug-likeness (QED) is 0.609. The van der Waals surface area contributed by atoms with E-state index >= 15 is 0 Å². The van der Waals surface area contributed by atoms with E-state index in [1.807, 2.05) is 56.3 Å². The summed E-state index contributed by atoms with van der Waals surface area (Å²) in [5.74, 6) is -1.29. The Labute approximate surface area is 200 Å². The first-order chi connectivity index (χ1) is 16.3. The van der Waals surface area contributed by atoms with Gasteiger partial charge in [0.2, 0.25) is 16.7 Å². The topological polar surface area (TPSA) is 69.7 Å². The number of hydrogen-bond acceptors (Lipinski definition) is 4. The van der Waals surface area contributed by atoms with Crippen molar-refractivity contribution in [3.05, 3.63) is 89.2 Å². The molecule has 0 unspecified atom stereocenters. The van der Waals surface area contributed by atoms with Crippen LogP contribution in [0.1, 0.15) is 16.7 Å². The number of thioether (sulfide) groups is 1. The Morgan fingerprint density at radius 3 is 2.44 bits per heavy atom. The van der Waals surface area contributed by atoms with Gasteiger partial charge in [-0.05, 0) is 55.8 Å². The number of nitrogens with one attached hydrogen (secondary N) is 1. The molecule has 3 aromatic rings. The van der Waals surface area contributed by atoms with E-state index in [4.69, 9.17) is 0 Å². The van der Waals surface area contributed by atoms with Gasteiger partial charge in [-0.15, -0.1) is 11.8 Å². The van der Waals surface area contributed by atoms with Crippen LogP contribution in [0, 0.1) is 19.7 Å². The van der Waals surface area contributed by atoms with Crippen molar-refractivity contribution in [1.82, 2.24) is 0 Å². The number of para-hydroxylation sites is 1. The number of rotatable bonds is 4. The highest BCUT2D eigenvalue weighted by Gasteiger charge is 2.61. The summed E-state index contributed by atoms with van der Waals surface area (Å²) in [7, 11) is 0. The lowest BCUT2D eigenvalue weighted by Crippen LogP contribution is -2.50. The molecule has 1 spiro atoms. The number of fused-ring (bicyclic) bond motifs is 2. The summed E-state index contributed by atoms with van der Waals surface area (Å²) < 4.78 is 13.6. The lowest BCUT2D eigenvalue weighted by molar-refractivity contribution is -0.124.